The van der Waals surface area contributed by atoms with Gasteiger partial charge in [-0.1, -0.05) is 12.1 Å². The molecule has 1 saturated heterocycles. The second-order valence-electron chi connectivity index (χ2n) is 10.3. The Morgan fingerprint density at radius 2 is 1.82 bits per heavy atom. The monoisotopic (exact) mass is 527 g/mol. The van der Waals surface area contributed by atoms with E-state index in [4.69, 9.17) is 15.6 Å². The topological polar surface area (TPSA) is 123 Å². The summed E-state index contributed by atoms with van der Waals surface area (Å²) in [5.41, 5.74) is 10.3. The number of H-pyrrole nitrogens is 1. The van der Waals surface area contributed by atoms with E-state index in [-0.39, 0.29) is 11.9 Å². The number of benzene rings is 2. The Kier molecular flexibility index (Phi) is 6.09. The van der Waals surface area contributed by atoms with Gasteiger partial charge in [0.1, 0.15) is 23.7 Å². The van der Waals surface area contributed by atoms with E-state index in [9.17, 15) is 4.39 Å². The summed E-state index contributed by atoms with van der Waals surface area (Å²) in [4.78, 5) is 11.5. The number of fused-ring (bicyclic) bond motifs is 2. The van der Waals surface area contributed by atoms with Crippen LogP contribution in [-0.4, -0.2) is 67.2 Å². The minimum atomic E-state index is -0.313. The van der Waals surface area contributed by atoms with E-state index in [1.54, 1.807) is 12.1 Å². The van der Waals surface area contributed by atoms with E-state index in [0.29, 0.717) is 23.4 Å². The van der Waals surface area contributed by atoms with Gasteiger partial charge in [-0.15, -0.1) is 0 Å². The summed E-state index contributed by atoms with van der Waals surface area (Å²) >= 11 is 0. The van der Waals surface area contributed by atoms with E-state index in [1.165, 1.54) is 18.5 Å². The molecule has 4 N–H and O–H groups in total. The van der Waals surface area contributed by atoms with E-state index < -0.39 is 0 Å². The number of ether oxygens (including phenoxy) is 1. The number of aromatic nitrogens is 6. The summed E-state index contributed by atoms with van der Waals surface area (Å²) in [5.74, 6) is 0.701. The van der Waals surface area contributed by atoms with Crippen molar-refractivity contribution in [3.63, 3.8) is 0 Å². The number of halogens is 1. The number of rotatable bonds is 5. The third-order valence-electron chi connectivity index (χ3n) is 8.02. The fourth-order valence-corrected chi connectivity index (χ4v) is 6.02. The number of nitrogens with two attached hydrogens (primary N) is 1. The molecule has 2 fully saturated rings. The Morgan fingerprint density at radius 3 is 2.64 bits per heavy atom. The van der Waals surface area contributed by atoms with E-state index in [1.807, 2.05) is 18.2 Å². The largest absolute Gasteiger partial charge is 0.383 e. The molecule has 2 aliphatic rings. The molecule has 4 heterocycles. The number of hydrogen-bond acceptors (Lipinski definition) is 8. The molecule has 0 unspecified atom stereocenters. The maximum absolute atomic E-state index is 13.7. The number of nitrogen functional groups attached to an aromatic ring is 1. The molecule has 1 saturated carbocycles. The Labute approximate surface area is 224 Å². The zero-order chi connectivity index (χ0) is 26.3. The SMILES string of the molecule is Nc1ncnc2c1c(-c1ccc3[nH]nc(Nc4cccc(F)c4)c3c1)nn2C1CCC(N2CCOCC2)CC1. The van der Waals surface area contributed by atoms with Crippen LogP contribution in [0.5, 0.6) is 0 Å². The summed E-state index contributed by atoms with van der Waals surface area (Å²) in [7, 11) is 0. The van der Waals surface area contributed by atoms with Gasteiger partial charge in [0.25, 0.3) is 0 Å². The number of nitrogens with one attached hydrogen (secondary N) is 2. The first kappa shape index (κ1) is 24.0. The van der Waals surface area contributed by atoms with Crippen LogP contribution in [0.4, 0.5) is 21.7 Å². The number of hydrogen-bond donors (Lipinski definition) is 3. The van der Waals surface area contributed by atoms with Gasteiger partial charge in [-0.05, 0) is 56.0 Å². The van der Waals surface area contributed by atoms with Gasteiger partial charge in [0.05, 0.1) is 30.2 Å². The van der Waals surface area contributed by atoms with Crippen molar-refractivity contribution in [2.75, 3.05) is 37.4 Å². The van der Waals surface area contributed by atoms with Crippen molar-refractivity contribution < 1.29 is 9.13 Å². The van der Waals surface area contributed by atoms with E-state index in [0.717, 1.165) is 85.2 Å². The van der Waals surface area contributed by atoms with Crippen molar-refractivity contribution >= 4 is 39.3 Å². The van der Waals surface area contributed by atoms with Crippen LogP contribution in [0.25, 0.3) is 33.2 Å². The van der Waals surface area contributed by atoms with Gasteiger partial charge in [-0.2, -0.15) is 10.2 Å². The molecule has 1 aliphatic heterocycles. The van der Waals surface area contributed by atoms with Crippen LogP contribution in [0.1, 0.15) is 31.7 Å². The third kappa shape index (κ3) is 4.47. The number of aromatic amines is 1. The van der Waals surface area contributed by atoms with Gasteiger partial charge in [0.15, 0.2) is 11.5 Å². The lowest BCUT2D eigenvalue weighted by molar-refractivity contribution is 0.00520. The first-order valence-corrected chi connectivity index (χ1v) is 13.5. The van der Waals surface area contributed by atoms with Crippen molar-refractivity contribution in [1.29, 1.82) is 0 Å². The Bertz CT molecular complexity index is 1630. The van der Waals surface area contributed by atoms with Crippen molar-refractivity contribution in [1.82, 2.24) is 34.8 Å². The average molecular weight is 528 g/mol. The first-order chi connectivity index (χ1) is 19.1. The minimum absolute atomic E-state index is 0.246. The molecule has 200 valence electrons. The quantitative estimate of drug-likeness (QED) is 0.302. The molecular formula is C28H30FN9O. The van der Waals surface area contributed by atoms with Crippen molar-refractivity contribution in [3.8, 4) is 11.3 Å². The molecule has 0 bridgehead atoms. The van der Waals surface area contributed by atoms with Crippen molar-refractivity contribution in [2.45, 2.75) is 37.8 Å². The molecule has 0 amide bonds. The van der Waals surface area contributed by atoms with Crippen LogP contribution in [0, 0.1) is 5.82 Å². The fraction of sp³-hybridized carbons (Fsp3) is 0.357. The van der Waals surface area contributed by atoms with Crippen LogP contribution in [0.2, 0.25) is 0 Å². The maximum Gasteiger partial charge on any atom is 0.164 e. The minimum Gasteiger partial charge on any atom is -0.383 e. The van der Waals surface area contributed by atoms with E-state index in [2.05, 4.69) is 35.1 Å². The highest BCUT2D eigenvalue weighted by Crippen LogP contribution is 2.38. The summed E-state index contributed by atoms with van der Waals surface area (Å²) in [6, 6.07) is 13.1. The Hall–Kier alpha value is -4.09. The van der Waals surface area contributed by atoms with Crippen LogP contribution < -0.4 is 11.1 Å². The highest BCUT2D eigenvalue weighted by molar-refractivity contribution is 6.01. The molecule has 3 aromatic heterocycles. The lowest BCUT2D eigenvalue weighted by atomic mass is 9.90. The zero-order valence-electron chi connectivity index (χ0n) is 21.5. The number of anilines is 3. The molecule has 10 nitrogen and oxygen atoms in total. The van der Waals surface area contributed by atoms with Gasteiger partial charge in [0.2, 0.25) is 0 Å². The lowest BCUT2D eigenvalue weighted by Gasteiger charge is -2.38. The lowest BCUT2D eigenvalue weighted by Crippen LogP contribution is -2.45. The van der Waals surface area contributed by atoms with Crippen molar-refractivity contribution in [3.05, 3.63) is 54.6 Å². The molecule has 0 radical (unpaired) electrons. The standard InChI is InChI=1S/C28H30FN9O/c29-18-2-1-3-19(15-18)33-27-22-14-17(4-9-23(22)34-35-27)25-24-26(30)31-16-32-28(24)38(36-25)21-7-5-20(6-8-21)37-10-12-39-13-11-37/h1-4,9,14-16,20-21H,5-8,10-13H2,(H2,30,31,32)(H2,33,34,35). The predicted octanol–water partition coefficient (Wildman–Crippen LogP) is 4.65. The van der Waals surface area contributed by atoms with Crippen LogP contribution in [-0.2, 0) is 4.74 Å². The Balaban J connectivity index is 1.22. The normalized spacial score (nSPS) is 20.5. The molecular weight excluding hydrogens is 497 g/mol. The van der Waals surface area contributed by atoms with Gasteiger partial charge >= 0.3 is 0 Å². The molecule has 1 aliphatic carbocycles. The number of nitrogens with zero attached hydrogens (tertiary/aromatic N) is 6. The van der Waals surface area contributed by atoms with Gasteiger partial charge in [-0.3, -0.25) is 10.00 Å². The van der Waals surface area contributed by atoms with Crippen LogP contribution >= 0.6 is 0 Å². The predicted molar refractivity (Wildman–Crippen MR) is 148 cm³/mol. The smallest absolute Gasteiger partial charge is 0.164 e. The highest BCUT2D eigenvalue weighted by atomic mass is 19.1. The van der Waals surface area contributed by atoms with Crippen LogP contribution in [0.15, 0.2) is 48.8 Å². The van der Waals surface area contributed by atoms with E-state index >= 15 is 0 Å². The molecule has 5 aromatic rings. The summed E-state index contributed by atoms with van der Waals surface area (Å²) in [6.07, 6.45) is 5.82. The maximum atomic E-state index is 13.7. The number of morpholine rings is 1. The van der Waals surface area contributed by atoms with Gasteiger partial charge in [0, 0.05) is 35.8 Å². The second-order valence-corrected chi connectivity index (χ2v) is 10.3. The first-order valence-electron chi connectivity index (χ1n) is 13.5. The van der Waals surface area contributed by atoms with Crippen LogP contribution in [0.3, 0.4) is 0 Å². The summed E-state index contributed by atoms with van der Waals surface area (Å²) in [6.45, 7) is 3.68. The van der Waals surface area contributed by atoms with Crippen molar-refractivity contribution in [2.24, 2.45) is 0 Å². The average Bonchev–Trinajstić information content (AvgIpc) is 3.56. The molecule has 0 spiro atoms. The third-order valence-corrected chi connectivity index (χ3v) is 8.02. The van der Waals surface area contributed by atoms with Gasteiger partial charge < -0.3 is 15.8 Å². The fourth-order valence-electron chi connectivity index (χ4n) is 6.02. The highest BCUT2D eigenvalue weighted by Gasteiger charge is 2.30. The molecule has 0 atom stereocenters. The molecule has 2 aromatic carbocycles. The molecule has 7 rings (SSSR count). The van der Waals surface area contributed by atoms with Gasteiger partial charge in [-0.25, -0.2) is 19.0 Å². The summed E-state index contributed by atoms with van der Waals surface area (Å²) in [5, 5.41) is 17.4. The Morgan fingerprint density at radius 1 is 1.00 bits per heavy atom. The molecule has 11 heteroatoms. The zero-order valence-corrected chi connectivity index (χ0v) is 21.5. The molecule has 39 heavy (non-hydrogen) atoms. The second kappa shape index (κ2) is 9.90. The summed E-state index contributed by atoms with van der Waals surface area (Å²) < 4.78 is 21.3.